The zero-order valence-electron chi connectivity index (χ0n) is 7.32. The van der Waals surface area contributed by atoms with E-state index in [1.54, 1.807) is 0 Å². The van der Waals surface area contributed by atoms with Crippen LogP contribution in [0.3, 0.4) is 0 Å². The molecule has 14 heavy (non-hydrogen) atoms. The minimum Gasteiger partial charge on any atom is -0.380 e. The third-order valence-corrected chi connectivity index (χ3v) is 2.42. The van der Waals surface area contributed by atoms with Crippen LogP contribution < -0.4 is 5.32 Å². The number of hydrogen-bond acceptors (Lipinski definition) is 3. The fourth-order valence-electron chi connectivity index (χ4n) is 1.72. The summed E-state index contributed by atoms with van der Waals surface area (Å²) in [6.07, 6.45) is 0. The Morgan fingerprint density at radius 3 is 3.00 bits per heavy atom. The number of nitrogens with zero attached hydrogens (tertiary/aromatic N) is 2. The van der Waals surface area contributed by atoms with Crippen molar-refractivity contribution in [2.75, 3.05) is 11.9 Å². The summed E-state index contributed by atoms with van der Waals surface area (Å²) in [6.45, 7) is 0.526. The molecule has 0 atom stereocenters. The van der Waals surface area contributed by atoms with Crippen LogP contribution in [0.4, 0.5) is 5.69 Å². The molecule has 68 valence electrons. The minimum atomic E-state index is -0.220. The maximum atomic E-state index is 11.3. The highest BCUT2D eigenvalue weighted by molar-refractivity contribution is 6.07. The second kappa shape index (κ2) is 2.51. The monoisotopic (exact) mass is 185 g/mol. The van der Waals surface area contributed by atoms with Gasteiger partial charge >= 0.3 is 0 Å². The summed E-state index contributed by atoms with van der Waals surface area (Å²) >= 11 is 0. The van der Waals surface area contributed by atoms with Crippen molar-refractivity contribution in [3.8, 4) is 0 Å². The average molecular weight is 185 g/mol. The fraction of sp³-hybridized carbons (Fsp3) is 0.100. The SMILES string of the molecule is O=C1N=NC2=C1CNc1ccccc12. The molecular formula is C10H7N3O. The third-order valence-electron chi connectivity index (χ3n) is 2.42. The quantitative estimate of drug-likeness (QED) is 0.670. The minimum absolute atomic E-state index is 0.220. The summed E-state index contributed by atoms with van der Waals surface area (Å²) in [7, 11) is 0. The van der Waals surface area contributed by atoms with Crippen LogP contribution in [0.25, 0.3) is 5.70 Å². The maximum absolute atomic E-state index is 11.3. The highest BCUT2D eigenvalue weighted by Crippen LogP contribution is 2.35. The molecule has 1 aromatic carbocycles. The number of hydrogen-bond donors (Lipinski definition) is 1. The number of amides is 1. The molecule has 1 aromatic rings. The van der Waals surface area contributed by atoms with E-state index in [0.29, 0.717) is 12.1 Å². The van der Waals surface area contributed by atoms with Gasteiger partial charge in [0.1, 0.15) is 5.70 Å². The molecule has 1 amide bonds. The van der Waals surface area contributed by atoms with Gasteiger partial charge in [0.2, 0.25) is 0 Å². The Morgan fingerprint density at radius 2 is 2.07 bits per heavy atom. The average Bonchev–Trinajstić information content (AvgIpc) is 2.61. The summed E-state index contributed by atoms with van der Waals surface area (Å²) in [5.74, 6) is -0.220. The van der Waals surface area contributed by atoms with Crippen molar-refractivity contribution >= 4 is 17.3 Å². The Hall–Kier alpha value is -1.97. The normalized spacial score (nSPS) is 17.9. The predicted molar refractivity (Wildman–Crippen MR) is 51.7 cm³/mol. The molecule has 4 nitrogen and oxygen atoms in total. The first-order valence-corrected chi connectivity index (χ1v) is 4.39. The third kappa shape index (κ3) is 0.849. The molecule has 2 heterocycles. The lowest BCUT2D eigenvalue weighted by Crippen LogP contribution is -2.15. The van der Waals surface area contributed by atoms with Gasteiger partial charge in [-0.15, -0.1) is 10.2 Å². The summed E-state index contributed by atoms with van der Waals surface area (Å²) < 4.78 is 0. The van der Waals surface area contributed by atoms with Crippen molar-refractivity contribution in [3.63, 3.8) is 0 Å². The van der Waals surface area contributed by atoms with Gasteiger partial charge in [0.05, 0.1) is 5.57 Å². The Labute approximate surface area is 80.3 Å². The largest absolute Gasteiger partial charge is 0.380 e. The van der Waals surface area contributed by atoms with Crippen molar-refractivity contribution in [1.82, 2.24) is 0 Å². The van der Waals surface area contributed by atoms with Crippen molar-refractivity contribution in [1.29, 1.82) is 0 Å². The number of para-hydroxylation sites is 1. The van der Waals surface area contributed by atoms with Gasteiger partial charge in [0.25, 0.3) is 5.91 Å². The number of azo groups is 1. The standard InChI is InChI=1S/C10H7N3O/c14-10-7-5-11-8-4-2-1-3-6(8)9(7)12-13-10/h1-4,11H,5H2. The molecule has 0 saturated carbocycles. The summed E-state index contributed by atoms with van der Waals surface area (Å²) in [5.41, 5.74) is 3.37. The van der Waals surface area contributed by atoms with Crippen LogP contribution in [-0.4, -0.2) is 12.5 Å². The molecule has 4 heteroatoms. The van der Waals surface area contributed by atoms with Crippen LogP contribution in [0.2, 0.25) is 0 Å². The molecular weight excluding hydrogens is 178 g/mol. The van der Waals surface area contributed by atoms with E-state index in [2.05, 4.69) is 15.5 Å². The van der Waals surface area contributed by atoms with Crippen LogP contribution in [0.15, 0.2) is 40.1 Å². The number of fused-ring (bicyclic) bond motifs is 2. The highest BCUT2D eigenvalue weighted by Gasteiger charge is 2.27. The van der Waals surface area contributed by atoms with Crippen LogP contribution in [0, 0.1) is 0 Å². The summed E-state index contributed by atoms with van der Waals surface area (Å²) in [6, 6.07) is 7.78. The molecule has 0 spiro atoms. The summed E-state index contributed by atoms with van der Waals surface area (Å²) in [5, 5.41) is 10.6. The first-order chi connectivity index (χ1) is 6.86. The number of carbonyl (C=O) groups is 1. The van der Waals surface area contributed by atoms with E-state index in [1.165, 1.54) is 0 Å². The lowest BCUT2D eigenvalue weighted by atomic mass is 10.0. The second-order valence-electron chi connectivity index (χ2n) is 3.23. The number of anilines is 1. The number of nitrogens with one attached hydrogen (secondary N) is 1. The van der Waals surface area contributed by atoms with Gasteiger partial charge in [-0.25, -0.2) is 0 Å². The number of carbonyl (C=O) groups excluding carboxylic acids is 1. The van der Waals surface area contributed by atoms with E-state index in [1.807, 2.05) is 24.3 Å². The van der Waals surface area contributed by atoms with E-state index in [-0.39, 0.29) is 5.91 Å². The lowest BCUT2D eigenvalue weighted by molar-refractivity contribution is -0.114. The van der Waals surface area contributed by atoms with Gasteiger partial charge < -0.3 is 5.32 Å². The van der Waals surface area contributed by atoms with Crippen LogP contribution >= 0.6 is 0 Å². The van der Waals surface area contributed by atoms with Crippen LogP contribution in [-0.2, 0) is 4.79 Å². The van der Waals surface area contributed by atoms with Gasteiger partial charge in [-0.05, 0) is 6.07 Å². The first-order valence-electron chi connectivity index (χ1n) is 4.39. The molecule has 2 aliphatic heterocycles. The molecule has 0 saturated heterocycles. The molecule has 0 bridgehead atoms. The van der Waals surface area contributed by atoms with E-state index in [0.717, 1.165) is 16.9 Å². The molecule has 3 rings (SSSR count). The predicted octanol–water partition coefficient (Wildman–Crippen LogP) is 1.82. The van der Waals surface area contributed by atoms with Crippen molar-refractivity contribution in [3.05, 3.63) is 35.4 Å². The smallest absolute Gasteiger partial charge is 0.295 e. The van der Waals surface area contributed by atoms with Crippen LogP contribution in [0.5, 0.6) is 0 Å². The van der Waals surface area contributed by atoms with Crippen molar-refractivity contribution in [2.45, 2.75) is 0 Å². The number of benzene rings is 1. The molecule has 1 N–H and O–H groups in total. The van der Waals surface area contributed by atoms with E-state index >= 15 is 0 Å². The van der Waals surface area contributed by atoms with Crippen molar-refractivity contribution < 1.29 is 4.79 Å². The zero-order valence-corrected chi connectivity index (χ0v) is 7.32. The molecule has 0 unspecified atom stereocenters. The van der Waals surface area contributed by atoms with Gasteiger partial charge in [-0.3, -0.25) is 4.79 Å². The Kier molecular flexibility index (Phi) is 1.33. The highest BCUT2D eigenvalue weighted by atomic mass is 16.2. The van der Waals surface area contributed by atoms with E-state index in [9.17, 15) is 4.79 Å². The number of rotatable bonds is 0. The second-order valence-corrected chi connectivity index (χ2v) is 3.23. The van der Waals surface area contributed by atoms with E-state index in [4.69, 9.17) is 0 Å². The Bertz CT molecular complexity index is 488. The lowest BCUT2D eigenvalue weighted by Gasteiger charge is -2.16. The fourth-order valence-corrected chi connectivity index (χ4v) is 1.72. The Balaban J connectivity index is 2.25. The molecule has 0 aliphatic carbocycles. The van der Waals surface area contributed by atoms with Gasteiger partial charge in [0, 0.05) is 17.8 Å². The van der Waals surface area contributed by atoms with Crippen LogP contribution in [0.1, 0.15) is 5.56 Å². The van der Waals surface area contributed by atoms with Gasteiger partial charge in [-0.1, -0.05) is 18.2 Å². The van der Waals surface area contributed by atoms with E-state index < -0.39 is 0 Å². The molecule has 0 radical (unpaired) electrons. The van der Waals surface area contributed by atoms with Gasteiger partial charge in [-0.2, -0.15) is 0 Å². The Morgan fingerprint density at radius 1 is 1.21 bits per heavy atom. The first kappa shape index (κ1) is 7.44. The summed E-state index contributed by atoms with van der Waals surface area (Å²) in [4.78, 5) is 11.3. The molecule has 0 aromatic heterocycles. The zero-order chi connectivity index (χ0) is 9.54. The molecule has 0 fully saturated rings. The molecule has 2 aliphatic rings. The topological polar surface area (TPSA) is 53.8 Å². The maximum Gasteiger partial charge on any atom is 0.295 e. The van der Waals surface area contributed by atoms with Gasteiger partial charge in [0.15, 0.2) is 0 Å². The van der Waals surface area contributed by atoms with Crippen molar-refractivity contribution in [2.24, 2.45) is 10.2 Å².